The van der Waals surface area contributed by atoms with Crippen LogP contribution in [0.4, 0.5) is 0 Å². The van der Waals surface area contributed by atoms with Crippen molar-refractivity contribution >= 4 is 105 Å². The van der Waals surface area contributed by atoms with Gasteiger partial charge in [0.1, 0.15) is 5.52 Å². The highest BCUT2D eigenvalue weighted by atomic mass is 32.1. The van der Waals surface area contributed by atoms with Gasteiger partial charge in [0.25, 0.3) is 8.24 Å². The lowest BCUT2D eigenvalue weighted by Gasteiger charge is -2.34. The molecule has 5 nitrogen and oxygen atoms in total. The summed E-state index contributed by atoms with van der Waals surface area (Å²) in [7, 11) is -3.33. The summed E-state index contributed by atoms with van der Waals surface area (Å²) in [6, 6.07) is 66.0. The molecule has 258 valence electrons. The average molecular weight is 738 g/mol. The van der Waals surface area contributed by atoms with Crippen LogP contribution in [0.5, 0.6) is 0 Å². The minimum Gasteiger partial charge on any atom is -0.323 e. The predicted octanol–water partition coefficient (Wildman–Crippen LogP) is 9.82. The van der Waals surface area contributed by atoms with Crippen molar-refractivity contribution in [3.63, 3.8) is 0 Å². The van der Waals surface area contributed by atoms with Gasteiger partial charge >= 0.3 is 0 Å². The van der Waals surface area contributed by atoms with Crippen molar-refractivity contribution in [3.8, 4) is 5.69 Å². The number of pyridine rings is 1. The highest BCUT2D eigenvalue weighted by molar-refractivity contribution is 7.26. The van der Waals surface area contributed by atoms with E-state index in [1.807, 2.05) is 17.5 Å². The highest BCUT2D eigenvalue weighted by Gasteiger charge is 2.48. The molecule has 7 heteroatoms. The fraction of sp³-hybridized carbons (Fsp3) is 0. The van der Waals surface area contributed by atoms with Crippen molar-refractivity contribution in [2.24, 2.45) is 0 Å². The van der Waals surface area contributed by atoms with Gasteiger partial charge in [0.15, 0.2) is 0 Å². The monoisotopic (exact) mass is 737 g/mol. The number of imidazole rings is 2. The molecule has 55 heavy (non-hydrogen) atoms. The van der Waals surface area contributed by atoms with Crippen molar-refractivity contribution in [2.45, 2.75) is 0 Å². The summed E-state index contributed by atoms with van der Waals surface area (Å²) in [5.41, 5.74) is 7.67. The Bertz CT molecular complexity index is 3360. The molecule has 12 rings (SSSR count). The van der Waals surface area contributed by atoms with E-state index in [4.69, 9.17) is 9.97 Å². The van der Waals surface area contributed by atoms with E-state index in [0.717, 1.165) is 38.8 Å². The molecule has 0 aliphatic carbocycles. The van der Waals surface area contributed by atoms with E-state index < -0.39 is 8.24 Å². The summed E-state index contributed by atoms with van der Waals surface area (Å²) < 4.78 is 9.90. The SMILES string of the molecule is c1ccc([Si](c2ccccc2)(c2nccc3sc4ccccc4c23)n2c3ccccc3n3c4cccc(-n5c6ccccc6c6ccccc65)c4nc23)cc1. The number of thiophene rings is 1. The zero-order chi connectivity index (χ0) is 36.1. The van der Waals surface area contributed by atoms with Gasteiger partial charge < -0.3 is 8.80 Å². The second kappa shape index (κ2) is 11.6. The van der Waals surface area contributed by atoms with Crippen molar-refractivity contribution < 1.29 is 0 Å². The predicted molar refractivity (Wildman–Crippen MR) is 233 cm³/mol. The molecule has 5 heterocycles. The molecule has 0 fully saturated rings. The molecule has 0 N–H and O–H groups in total. The lowest BCUT2D eigenvalue weighted by atomic mass is 10.2. The molecule has 0 unspecified atom stereocenters. The molecular weight excluding hydrogens is 707 g/mol. The third-order valence-electron chi connectivity index (χ3n) is 11.4. The molecule has 0 saturated carbocycles. The van der Waals surface area contributed by atoms with Crippen LogP contribution in [-0.4, -0.2) is 31.4 Å². The first-order valence-electron chi connectivity index (χ1n) is 18.6. The van der Waals surface area contributed by atoms with Gasteiger partial charge in [-0.1, -0.05) is 133 Å². The van der Waals surface area contributed by atoms with E-state index in [9.17, 15) is 0 Å². The normalized spacial score (nSPS) is 12.4. The first kappa shape index (κ1) is 30.6. The van der Waals surface area contributed by atoms with Crippen molar-refractivity contribution in [1.29, 1.82) is 0 Å². The van der Waals surface area contributed by atoms with Crippen molar-refractivity contribution in [2.75, 3.05) is 0 Å². The summed E-state index contributed by atoms with van der Waals surface area (Å²) in [6.45, 7) is 0. The second-order valence-corrected chi connectivity index (χ2v) is 18.7. The molecular formula is C48H31N5SSi. The quantitative estimate of drug-likeness (QED) is 0.165. The van der Waals surface area contributed by atoms with Crippen LogP contribution in [0.1, 0.15) is 0 Å². The molecule has 0 radical (unpaired) electrons. The minimum atomic E-state index is -3.33. The number of para-hydroxylation sites is 5. The Labute approximate surface area is 320 Å². The van der Waals surface area contributed by atoms with Gasteiger partial charge in [-0.3, -0.25) is 9.38 Å². The fourth-order valence-electron chi connectivity index (χ4n) is 9.21. The van der Waals surface area contributed by atoms with Gasteiger partial charge in [-0.05, 0) is 58.9 Å². The number of hydrogen-bond donors (Lipinski definition) is 0. The Morgan fingerprint density at radius 2 is 1.02 bits per heavy atom. The summed E-state index contributed by atoms with van der Waals surface area (Å²) in [6.07, 6.45) is 2.02. The largest absolute Gasteiger partial charge is 0.323 e. The van der Waals surface area contributed by atoms with E-state index in [0.29, 0.717) is 0 Å². The molecule has 0 spiro atoms. The lowest BCUT2D eigenvalue weighted by molar-refractivity contribution is 1.17. The zero-order valence-electron chi connectivity index (χ0n) is 29.5. The van der Waals surface area contributed by atoms with E-state index in [2.05, 4.69) is 195 Å². The Hall–Kier alpha value is -6.80. The molecule has 7 aromatic carbocycles. The fourth-order valence-corrected chi connectivity index (χ4v) is 15.3. The van der Waals surface area contributed by atoms with Crippen LogP contribution < -0.4 is 15.7 Å². The zero-order valence-corrected chi connectivity index (χ0v) is 31.4. The van der Waals surface area contributed by atoms with Crippen LogP contribution in [0.15, 0.2) is 188 Å². The van der Waals surface area contributed by atoms with E-state index >= 15 is 0 Å². The smallest absolute Gasteiger partial charge is 0.280 e. The van der Waals surface area contributed by atoms with E-state index in [-0.39, 0.29) is 0 Å². The summed E-state index contributed by atoms with van der Waals surface area (Å²) in [4.78, 5) is 11.3. The standard InChI is InChI=1S/C48H31N5SSi/c1-3-16-32(17-4-1)55(33-18-5-2-6-19-33,47-45-36-22-9-14-29-43(36)54-44(45)30-31-49-47)53-40-26-13-12-25-39(40)52-42-28-15-27-41(46(42)50-48(52)53)51-37-23-10-7-20-34(37)35-21-8-11-24-38(35)51/h1-31H. The van der Waals surface area contributed by atoms with E-state index in [1.54, 1.807) is 0 Å². The summed E-state index contributed by atoms with van der Waals surface area (Å²) >= 11 is 1.84. The Morgan fingerprint density at radius 1 is 0.455 bits per heavy atom. The van der Waals surface area contributed by atoms with Gasteiger partial charge in [-0.15, -0.1) is 11.3 Å². The average Bonchev–Trinajstić information content (AvgIpc) is 4.00. The number of benzene rings is 7. The first-order valence-corrected chi connectivity index (χ1v) is 21.4. The van der Waals surface area contributed by atoms with Crippen LogP contribution in [0.25, 0.3) is 75.5 Å². The number of fused-ring (bicyclic) bond motifs is 11. The maximum Gasteiger partial charge on any atom is 0.280 e. The van der Waals surface area contributed by atoms with Gasteiger partial charge in [0.2, 0.25) is 5.78 Å². The topological polar surface area (TPSA) is 40.0 Å². The Kier molecular flexibility index (Phi) is 6.46. The summed E-state index contributed by atoms with van der Waals surface area (Å²) in [5, 5.41) is 8.53. The summed E-state index contributed by atoms with van der Waals surface area (Å²) in [5.74, 6) is 0.905. The van der Waals surface area contributed by atoms with E-state index in [1.165, 1.54) is 52.4 Å². The number of aromatic nitrogens is 5. The van der Waals surface area contributed by atoms with Crippen LogP contribution in [-0.2, 0) is 0 Å². The maximum atomic E-state index is 5.81. The second-order valence-electron chi connectivity index (χ2n) is 14.2. The van der Waals surface area contributed by atoms with Crippen molar-refractivity contribution in [1.82, 2.24) is 23.2 Å². The Morgan fingerprint density at radius 3 is 1.71 bits per heavy atom. The highest BCUT2D eigenvalue weighted by Crippen LogP contribution is 2.38. The van der Waals surface area contributed by atoms with Crippen molar-refractivity contribution in [3.05, 3.63) is 188 Å². The number of hydrogen-bond acceptors (Lipinski definition) is 3. The van der Waals surface area contributed by atoms with Crippen LogP contribution in [0.3, 0.4) is 0 Å². The maximum absolute atomic E-state index is 5.81. The first-order chi connectivity index (χ1) is 27.3. The molecule has 0 aliphatic heterocycles. The number of nitrogens with zero attached hydrogens (tertiary/aromatic N) is 5. The molecule has 0 amide bonds. The van der Waals surface area contributed by atoms with Gasteiger partial charge in [0.05, 0.1) is 38.6 Å². The van der Waals surface area contributed by atoms with Crippen LogP contribution in [0, 0.1) is 0 Å². The number of rotatable bonds is 5. The third-order valence-corrected chi connectivity index (χ3v) is 17.0. The molecule has 12 aromatic rings. The molecule has 0 aliphatic rings. The van der Waals surface area contributed by atoms with Crippen LogP contribution >= 0.6 is 11.3 Å². The van der Waals surface area contributed by atoms with Gasteiger partial charge in [-0.25, -0.2) is 4.98 Å². The molecule has 0 saturated heterocycles. The molecule has 5 aromatic heterocycles. The Balaban J connectivity index is 1.30. The van der Waals surface area contributed by atoms with Crippen LogP contribution in [0.2, 0.25) is 0 Å². The minimum absolute atomic E-state index is 0.905. The van der Waals surface area contributed by atoms with Gasteiger partial charge in [0, 0.05) is 37.1 Å². The van der Waals surface area contributed by atoms with Gasteiger partial charge in [-0.2, -0.15) is 0 Å². The third kappa shape index (κ3) is 4.11. The molecule has 0 bridgehead atoms. The molecule has 0 atom stereocenters. The lowest BCUT2D eigenvalue weighted by Crippen LogP contribution is -2.73.